The van der Waals surface area contributed by atoms with Gasteiger partial charge < -0.3 is 0 Å². The molecule has 0 aliphatic heterocycles. The molecule has 96 valence electrons. The Hall–Kier alpha value is -1.47. The molecule has 0 atom stereocenters. The third-order valence-corrected chi connectivity index (χ3v) is 4.23. The monoisotopic (exact) mass is 243 g/mol. The standard InChI is InChI=1S/C15H21N3/c1-14(2)7-8-15(3,4)13-9-11(10-17-18-16)5-6-12(13)14/h5-6,9H,7-8,10H2,1-4H3. The van der Waals surface area contributed by atoms with E-state index in [0.29, 0.717) is 6.54 Å². The first-order valence-corrected chi connectivity index (χ1v) is 6.51. The maximum atomic E-state index is 8.41. The van der Waals surface area contributed by atoms with E-state index in [-0.39, 0.29) is 10.8 Å². The third kappa shape index (κ3) is 2.23. The van der Waals surface area contributed by atoms with Gasteiger partial charge in [0.2, 0.25) is 0 Å². The van der Waals surface area contributed by atoms with E-state index in [1.165, 1.54) is 24.0 Å². The van der Waals surface area contributed by atoms with Gasteiger partial charge in [0.15, 0.2) is 0 Å². The van der Waals surface area contributed by atoms with E-state index in [0.717, 1.165) is 5.56 Å². The minimum atomic E-state index is 0.219. The topological polar surface area (TPSA) is 48.8 Å². The molecular weight excluding hydrogens is 222 g/mol. The van der Waals surface area contributed by atoms with Gasteiger partial charge in [-0.15, -0.1) is 0 Å². The first-order valence-electron chi connectivity index (χ1n) is 6.51. The molecular formula is C15H21N3. The maximum Gasteiger partial charge on any atom is 0.0510 e. The number of azide groups is 1. The first kappa shape index (κ1) is 13.0. The largest absolute Gasteiger partial charge is 0.0893 e. The Labute approximate surface area is 109 Å². The molecule has 0 N–H and O–H groups in total. The van der Waals surface area contributed by atoms with Gasteiger partial charge in [0.25, 0.3) is 0 Å². The lowest BCUT2D eigenvalue weighted by molar-refractivity contribution is 0.331. The molecule has 1 aliphatic carbocycles. The Bertz CT molecular complexity index is 508. The van der Waals surface area contributed by atoms with E-state index < -0.39 is 0 Å². The average molecular weight is 243 g/mol. The summed E-state index contributed by atoms with van der Waals surface area (Å²) in [5.74, 6) is 0. The predicted molar refractivity (Wildman–Crippen MR) is 74.6 cm³/mol. The van der Waals surface area contributed by atoms with Gasteiger partial charge in [-0.05, 0) is 45.9 Å². The highest BCUT2D eigenvalue weighted by atomic mass is 15.1. The van der Waals surface area contributed by atoms with E-state index in [9.17, 15) is 0 Å². The summed E-state index contributed by atoms with van der Waals surface area (Å²) < 4.78 is 0. The zero-order valence-corrected chi connectivity index (χ0v) is 11.7. The van der Waals surface area contributed by atoms with Gasteiger partial charge in [0, 0.05) is 4.91 Å². The second-order valence-electron chi connectivity index (χ2n) is 6.54. The Morgan fingerprint density at radius 3 is 2.33 bits per heavy atom. The fourth-order valence-electron chi connectivity index (χ4n) is 2.85. The summed E-state index contributed by atoms with van der Waals surface area (Å²) in [4.78, 5) is 2.83. The zero-order chi connectivity index (χ0) is 13.4. The summed E-state index contributed by atoms with van der Waals surface area (Å²) in [5, 5.41) is 3.66. The lowest BCUT2D eigenvalue weighted by Gasteiger charge is -2.42. The highest BCUT2D eigenvalue weighted by molar-refractivity contribution is 5.43. The molecule has 0 heterocycles. The predicted octanol–water partition coefficient (Wildman–Crippen LogP) is 4.85. The van der Waals surface area contributed by atoms with Gasteiger partial charge in [-0.2, -0.15) is 0 Å². The van der Waals surface area contributed by atoms with E-state index >= 15 is 0 Å². The molecule has 2 rings (SSSR count). The fourth-order valence-corrected chi connectivity index (χ4v) is 2.85. The molecule has 0 fully saturated rings. The van der Waals surface area contributed by atoms with Gasteiger partial charge in [0.1, 0.15) is 0 Å². The fraction of sp³-hybridized carbons (Fsp3) is 0.600. The molecule has 0 amide bonds. The van der Waals surface area contributed by atoms with Crippen LogP contribution in [0, 0.1) is 0 Å². The van der Waals surface area contributed by atoms with Crippen molar-refractivity contribution >= 4 is 0 Å². The molecule has 0 aromatic heterocycles. The average Bonchev–Trinajstić information content (AvgIpc) is 2.32. The van der Waals surface area contributed by atoms with Crippen LogP contribution in [0.4, 0.5) is 0 Å². The van der Waals surface area contributed by atoms with Crippen molar-refractivity contribution < 1.29 is 0 Å². The SMILES string of the molecule is CC1(C)CCC(C)(C)c2cc(CN=[N+]=[N-])ccc21. The molecule has 1 aromatic rings. The van der Waals surface area contributed by atoms with Gasteiger partial charge in [0.05, 0.1) is 6.54 Å². The highest BCUT2D eigenvalue weighted by Crippen LogP contribution is 2.45. The van der Waals surface area contributed by atoms with Crippen molar-refractivity contribution in [2.75, 3.05) is 0 Å². The Kier molecular flexibility index (Phi) is 3.12. The van der Waals surface area contributed by atoms with Gasteiger partial charge in [-0.1, -0.05) is 51.0 Å². The van der Waals surface area contributed by atoms with Crippen LogP contribution in [-0.4, -0.2) is 0 Å². The summed E-state index contributed by atoms with van der Waals surface area (Å²) in [5.41, 5.74) is 12.9. The molecule has 18 heavy (non-hydrogen) atoms. The number of rotatable bonds is 2. The molecule has 0 saturated heterocycles. The van der Waals surface area contributed by atoms with Crippen LogP contribution in [0.1, 0.15) is 57.2 Å². The van der Waals surface area contributed by atoms with Crippen LogP contribution >= 0.6 is 0 Å². The van der Waals surface area contributed by atoms with Crippen LogP contribution < -0.4 is 0 Å². The summed E-state index contributed by atoms with van der Waals surface area (Å²) in [6, 6.07) is 6.54. The third-order valence-electron chi connectivity index (χ3n) is 4.23. The molecule has 0 radical (unpaired) electrons. The van der Waals surface area contributed by atoms with Crippen molar-refractivity contribution in [1.82, 2.24) is 0 Å². The number of nitrogens with zero attached hydrogens (tertiary/aromatic N) is 3. The van der Waals surface area contributed by atoms with E-state index in [1.807, 2.05) is 0 Å². The van der Waals surface area contributed by atoms with E-state index in [1.54, 1.807) is 0 Å². The minimum absolute atomic E-state index is 0.219. The molecule has 0 spiro atoms. The molecule has 3 nitrogen and oxygen atoms in total. The van der Waals surface area contributed by atoms with Crippen molar-refractivity contribution in [2.45, 2.75) is 57.9 Å². The zero-order valence-electron chi connectivity index (χ0n) is 11.7. The molecule has 0 unspecified atom stereocenters. The number of hydrogen-bond acceptors (Lipinski definition) is 1. The van der Waals surface area contributed by atoms with Gasteiger partial charge in [-0.25, -0.2) is 0 Å². The van der Waals surface area contributed by atoms with Crippen LogP contribution in [0.15, 0.2) is 23.3 Å². The lowest BCUT2D eigenvalue weighted by Crippen LogP contribution is -2.33. The Morgan fingerprint density at radius 1 is 1.11 bits per heavy atom. The highest BCUT2D eigenvalue weighted by Gasteiger charge is 2.36. The van der Waals surface area contributed by atoms with Crippen molar-refractivity contribution in [3.05, 3.63) is 45.3 Å². The van der Waals surface area contributed by atoms with Crippen molar-refractivity contribution in [1.29, 1.82) is 0 Å². The van der Waals surface area contributed by atoms with Gasteiger partial charge >= 0.3 is 0 Å². The Morgan fingerprint density at radius 2 is 1.72 bits per heavy atom. The second kappa shape index (κ2) is 4.33. The van der Waals surface area contributed by atoms with Crippen molar-refractivity contribution in [3.8, 4) is 0 Å². The molecule has 3 heteroatoms. The normalized spacial score (nSPS) is 19.8. The smallest absolute Gasteiger partial charge is 0.0510 e. The first-order chi connectivity index (χ1) is 8.37. The van der Waals surface area contributed by atoms with Crippen LogP contribution in [0.3, 0.4) is 0 Å². The van der Waals surface area contributed by atoms with E-state index in [4.69, 9.17) is 5.53 Å². The molecule has 1 aromatic carbocycles. The number of benzene rings is 1. The van der Waals surface area contributed by atoms with Crippen LogP contribution in [0.25, 0.3) is 10.4 Å². The molecule has 1 aliphatic rings. The van der Waals surface area contributed by atoms with Crippen LogP contribution in [0.5, 0.6) is 0 Å². The molecule has 0 bridgehead atoms. The minimum Gasteiger partial charge on any atom is -0.0893 e. The number of fused-ring (bicyclic) bond motifs is 1. The van der Waals surface area contributed by atoms with Gasteiger partial charge in [-0.3, -0.25) is 0 Å². The lowest BCUT2D eigenvalue weighted by atomic mass is 9.63. The van der Waals surface area contributed by atoms with Crippen LogP contribution in [-0.2, 0) is 17.4 Å². The van der Waals surface area contributed by atoms with Crippen molar-refractivity contribution in [2.24, 2.45) is 5.11 Å². The summed E-state index contributed by atoms with van der Waals surface area (Å²) in [7, 11) is 0. The number of hydrogen-bond donors (Lipinski definition) is 0. The quantitative estimate of drug-likeness (QED) is 0.405. The van der Waals surface area contributed by atoms with Crippen LogP contribution in [0.2, 0.25) is 0 Å². The Balaban J connectivity index is 2.51. The second-order valence-corrected chi connectivity index (χ2v) is 6.54. The summed E-state index contributed by atoms with van der Waals surface area (Å²) in [6.45, 7) is 9.68. The van der Waals surface area contributed by atoms with E-state index in [2.05, 4.69) is 55.9 Å². The maximum absolute atomic E-state index is 8.41. The van der Waals surface area contributed by atoms with Crippen molar-refractivity contribution in [3.63, 3.8) is 0 Å². The summed E-state index contributed by atoms with van der Waals surface area (Å²) in [6.07, 6.45) is 2.43. The molecule has 0 saturated carbocycles. The summed E-state index contributed by atoms with van der Waals surface area (Å²) >= 11 is 0.